The van der Waals surface area contributed by atoms with Crippen molar-refractivity contribution in [1.82, 2.24) is 19.5 Å². The number of benzene rings is 1. The van der Waals surface area contributed by atoms with Crippen LogP contribution in [-0.2, 0) is 0 Å². The van der Waals surface area contributed by atoms with Gasteiger partial charge in [-0.15, -0.1) is 0 Å². The zero-order chi connectivity index (χ0) is 21.4. The fourth-order valence-corrected chi connectivity index (χ4v) is 3.92. The summed E-state index contributed by atoms with van der Waals surface area (Å²) in [7, 11) is 0. The van der Waals surface area contributed by atoms with E-state index >= 15 is 0 Å². The smallest absolute Gasteiger partial charge is 0.293 e. The van der Waals surface area contributed by atoms with E-state index < -0.39 is 13.0 Å². The lowest BCUT2D eigenvalue weighted by molar-refractivity contribution is 0.0804. The van der Waals surface area contributed by atoms with E-state index in [-0.39, 0.29) is 11.4 Å². The second-order valence-electron chi connectivity index (χ2n) is 7.75. The van der Waals surface area contributed by atoms with Crippen LogP contribution in [0.3, 0.4) is 0 Å². The third kappa shape index (κ3) is 4.01. The van der Waals surface area contributed by atoms with Gasteiger partial charge in [0.15, 0.2) is 12.4 Å². The standard InChI is InChI=1S/C21H22F2N6O2/c22-18(23)12-31-20-16-11-15(3-4-17(16)25-13-26-20)27-7-9-28(10-8-27)19-21(30)29(6-5-24-19)14-1-2-14/h3-6,11,13-14,18H,1-2,7-10,12H2. The van der Waals surface area contributed by atoms with Gasteiger partial charge in [0, 0.05) is 50.3 Å². The predicted molar refractivity (Wildman–Crippen MR) is 112 cm³/mol. The van der Waals surface area contributed by atoms with Crippen LogP contribution in [-0.4, -0.2) is 58.7 Å². The Morgan fingerprint density at radius 1 is 1.06 bits per heavy atom. The number of ether oxygens (including phenoxy) is 1. The van der Waals surface area contributed by atoms with Crippen LogP contribution >= 0.6 is 0 Å². The van der Waals surface area contributed by atoms with E-state index in [4.69, 9.17) is 4.74 Å². The Bertz CT molecular complexity index is 1140. The van der Waals surface area contributed by atoms with Crippen LogP contribution in [0, 0.1) is 0 Å². The maximum atomic E-state index is 12.8. The van der Waals surface area contributed by atoms with Gasteiger partial charge in [0.1, 0.15) is 6.33 Å². The van der Waals surface area contributed by atoms with Crippen molar-refractivity contribution in [3.8, 4) is 5.88 Å². The zero-order valence-corrected chi connectivity index (χ0v) is 16.8. The number of aromatic nitrogens is 4. The molecule has 0 bridgehead atoms. The fraction of sp³-hybridized carbons (Fsp3) is 0.429. The minimum absolute atomic E-state index is 0.0258. The lowest BCUT2D eigenvalue weighted by Gasteiger charge is -2.36. The lowest BCUT2D eigenvalue weighted by atomic mass is 10.2. The number of piperazine rings is 1. The normalized spacial score (nSPS) is 16.9. The summed E-state index contributed by atoms with van der Waals surface area (Å²) in [5.74, 6) is 0.656. The van der Waals surface area contributed by atoms with Gasteiger partial charge in [-0.25, -0.2) is 23.7 Å². The van der Waals surface area contributed by atoms with Crippen molar-refractivity contribution < 1.29 is 13.5 Å². The Morgan fingerprint density at radius 2 is 1.84 bits per heavy atom. The molecule has 2 fully saturated rings. The molecule has 10 heteroatoms. The number of nitrogens with zero attached hydrogens (tertiary/aromatic N) is 6. The molecule has 0 atom stereocenters. The first-order chi connectivity index (χ1) is 15.1. The van der Waals surface area contributed by atoms with Crippen LogP contribution in [0.5, 0.6) is 5.88 Å². The van der Waals surface area contributed by atoms with Crippen molar-refractivity contribution in [3.05, 3.63) is 47.3 Å². The van der Waals surface area contributed by atoms with Gasteiger partial charge in [-0.05, 0) is 31.0 Å². The Labute approximate surface area is 177 Å². The molecule has 1 saturated carbocycles. The van der Waals surface area contributed by atoms with Crippen LogP contribution < -0.4 is 20.1 Å². The van der Waals surface area contributed by atoms with Crippen LogP contribution in [0.4, 0.5) is 20.3 Å². The van der Waals surface area contributed by atoms with Crippen LogP contribution in [0.15, 0.2) is 41.7 Å². The van der Waals surface area contributed by atoms with E-state index in [1.165, 1.54) is 6.33 Å². The van der Waals surface area contributed by atoms with Crippen molar-refractivity contribution in [2.75, 3.05) is 42.6 Å². The van der Waals surface area contributed by atoms with Crippen molar-refractivity contribution in [3.63, 3.8) is 0 Å². The molecule has 1 aliphatic carbocycles. The predicted octanol–water partition coefficient (Wildman–Crippen LogP) is 2.49. The molecule has 0 N–H and O–H groups in total. The summed E-state index contributed by atoms with van der Waals surface area (Å²) in [6, 6.07) is 5.97. The number of rotatable bonds is 6. The number of halogens is 2. The Hall–Kier alpha value is -3.30. The van der Waals surface area contributed by atoms with E-state index in [2.05, 4.69) is 19.9 Å². The molecule has 3 heterocycles. The van der Waals surface area contributed by atoms with E-state index in [1.54, 1.807) is 17.0 Å². The van der Waals surface area contributed by atoms with Crippen LogP contribution in [0.25, 0.3) is 10.9 Å². The summed E-state index contributed by atoms with van der Waals surface area (Å²) in [6.45, 7) is 2.01. The summed E-state index contributed by atoms with van der Waals surface area (Å²) in [6.07, 6.45) is 4.30. The third-order valence-corrected chi connectivity index (χ3v) is 5.66. The van der Waals surface area contributed by atoms with Gasteiger partial charge >= 0.3 is 0 Å². The minimum Gasteiger partial charge on any atom is -0.471 e. The molecule has 1 aliphatic heterocycles. The van der Waals surface area contributed by atoms with Crippen LogP contribution in [0.2, 0.25) is 0 Å². The molecule has 0 radical (unpaired) electrons. The summed E-state index contributed by atoms with van der Waals surface area (Å²) < 4.78 is 32.1. The molecule has 31 heavy (non-hydrogen) atoms. The first kappa shape index (κ1) is 19.7. The molecule has 3 aromatic rings. The molecule has 0 amide bonds. The maximum absolute atomic E-state index is 12.8. The van der Waals surface area contributed by atoms with Gasteiger partial charge in [0.25, 0.3) is 12.0 Å². The Balaban J connectivity index is 1.33. The molecule has 0 unspecified atom stereocenters. The van der Waals surface area contributed by atoms with Crippen LogP contribution in [0.1, 0.15) is 18.9 Å². The molecule has 0 spiro atoms. The van der Waals surface area contributed by atoms with E-state index in [0.29, 0.717) is 48.9 Å². The van der Waals surface area contributed by atoms with Crippen molar-refractivity contribution in [2.45, 2.75) is 25.3 Å². The molecule has 162 valence electrons. The average molecular weight is 428 g/mol. The number of fused-ring (bicyclic) bond motifs is 1. The third-order valence-electron chi connectivity index (χ3n) is 5.66. The molecule has 8 nitrogen and oxygen atoms in total. The van der Waals surface area contributed by atoms with E-state index in [0.717, 1.165) is 18.5 Å². The Morgan fingerprint density at radius 3 is 2.58 bits per heavy atom. The van der Waals surface area contributed by atoms with E-state index in [9.17, 15) is 13.6 Å². The highest BCUT2D eigenvalue weighted by atomic mass is 19.3. The maximum Gasteiger partial charge on any atom is 0.293 e. The molecular formula is C21H22F2N6O2. The summed E-state index contributed by atoms with van der Waals surface area (Å²) in [5, 5.41) is 0.597. The molecule has 2 aromatic heterocycles. The minimum atomic E-state index is -2.57. The van der Waals surface area contributed by atoms with Gasteiger partial charge in [-0.3, -0.25) is 4.79 Å². The topological polar surface area (TPSA) is 76.4 Å². The van der Waals surface area contributed by atoms with Gasteiger partial charge in [-0.1, -0.05) is 0 Å². The highest BCUT2D eigenvalue weighted by molar-refractivity contribution is 5.86. The van der Waals surface area contributed by atoms with Crippen molar-refractivity contribution in [2.24, 2.45) is 0 Å². The summed E-state index contributed by atoms with van der Waals surface area (Å²) in [5.41, 5.74) is 1.54. The van der Waals surface area contributed by atoms with Gasteiger partial charge in [0.05, 0.1) is 10.9 Å². The Kier molecular flexibility index (Phi) is 5.13. The number of alkyl halides is 2. The van der Waals surface area contributed by atoms with Crippen molar-refractivity contribution >= 4 is 22.4 Å². The highest BCUT2D eigenvalue weighted by Gasteiger charge is 2.27. The molecule has 2 aliphatic rings. The number of hydrogen-bond donors (Lipinski definition) is 0. The molecular weight excluding hydrogens is 406 g/mol. The SMILES string of the molecule is O=c1c(N2CCN(c3ccc4ncnc(OCC(F)F)c4c3)CC2)nccn1C1CC1. The quantitative estimate of drug-likeness (QED) is 0.597. The fourth-order valence-electron chi connectivity index (χ4n) is 3.92. The van der Waals surface area contributed by atoms with E-state index in [1.807, 2.05) is 23.1 Å². The molecule has 5 rings (SSSR count). The number of anilines is 2. The molecule has 1 saturated heterocycles. The molecule has 1 aromatic carbocycles. The first-order valence-corrected chi connectivity index (χ1v) is 10.3. The second-order valence-corrected chi connectivity index (χ2v) is 7.75. The van der Waals surface area contributed by atoms with Gasteiger partial charge in [0.2, 0.25) is 5.88 Å². The summed E-state index contributed by atoms with van der Waals surface area (Å²) in [4.78, 5) is 29.5. The van der Waals surface area contributed by atoms with Crippen molar-refractivity contribution in [1.29, 1.82) is 0 Å². The van der Waals surface area contributed by atoms with Gasteiger partial charge < -0.3 is 19.1 Å². The van der Waals surface area contributed by atoms with Gasteiger partial charge in [-0.2, -0.15) is 0 Å². The zero-order valence-electron chi connectivity index (χ0n) is 16.8. The number of hydrogen-bond acceptors (Lipinski definition) is 7. The monoisotopic (exact) mass is 428 g/mol. The lowest BCUT2D eigenvalue weighted by Crippen LogP contribution is -2.48. The second kappa shape index (κ2) is 8.09. The summed E-state index contributed by atoms with van der Waals surface area (Å²) >= 11 is 0. The average Bonchev–Trinajstić information content (AvgIpc) is 3.63. The highest BCUT2D eigenvalue weighted by Crippen LogP contribution is 2.33. The largest absolute Gasteiger partial charge is 0.471 e. The first-order valence-electron chi connectivity index (χ1n) is 10.3.